The van der Waals surface area contributed by atoms with Gasteiger partial charge in [-0.05, 0) is 60.6 Å². The van der Waals surface area contributed by atoms with Crippen molar-refractivity contribution < 1.29 is 14.3 Å². The van der Waals surface area contributed by atoms with Crippen LogP contribution in [0.4, 0.5) is 0 Å². The van der Waals surface area contributed by atoms with Crippen LogP contribution < -0.4 is 5.32 Å². The van der Waals surface area contributed by atoms with Crippen LogP contribution in [0.5, 0.6) is 0 Å². The Morgan fingerprint density at radius 1 is 1.00 bits per heavy atom. The lowest BCUT2D eigenvalue weighted by Crippen LogP contribution is -2.36. The molecule has 6 heteroatoms. The van der Waals surface area contributed by atoms with Gasteiger partial charge in [-0.1, -0.05) is 61.3 Å². The molecule has 0 spiro atoms. The van der Waals surface area contributed by atoms with Gasteiger partial charge in [0, 0.05) is 39.4 Å². The van der Waals surface area contributed by atoms with E-state index < -0.39 is 11.9 Å². The summed E-state index contributed by atoms with van der Waals surface area (Å²) < 4.78 is 5.60. The zero-order valence-electron chi connectivity index (χ0n) is 19.0. The quantitative estimate of drug-likeness (QED) is 0.489. The Morgan fingerprint density at radius 2 is 1.58 bits per heavy atom. The maximum atomic E-state index is 13.5. The number of halogens is 2. The molecule has 172 valence electrons. The van der Waals surface area contributed by atoms with Gasteiger partial charge in [-0.15, -0.1) is 0 Å². The minimum Gasteiger partial charge on any atom is -0.462 e. The van der Waals surface area contributed by atoms with Crippen LogP contribution in [0.2, 0.25) is 10.0 Å². The van der Waals surface area contributed by atoms with Crippen LogP contribution in [-0.4, -0.2) is 18.4 Å². The molecule has 1 heterocycles. The van der Waals surface area contributed by atoms with Crippen molar-refractivity contribution in [2.45, 2.75) is 45.4 Å². The first kappa shape index (κ1) is 23.6. The van der Waals surface area contributed by atoms with Gasteiger partial charge in [0.1, 0.15) is 0 Å². The molecule has 0 aromatic heterocycles. The van der Waals surface area contributed by atoms with Crippen molar-refractivity contribution in [3.63, 3.8) is 0 Å². The largest absolute Gasteiger partial charge is 0.462 e. The van der Waals surface area contributed by atoms with E-state index in [-0.39, 0.29) is 17.6 Å². The molecule has 1 N–H and O–H groups in total. The van der Waals surface area contributed by atoms with Crippen molar-refractivity contribution in [3.8, 4) is 0 Å². The molecule has 4 rings (SSSR count). The summed E-state index contributed by atoms with van der Waals surface area (Å²) in [4.78, 5) is 26.7. The normalized spacial score (nSPS) is 20.6. The smallest absolute Gasteiger partial charge is 0.336 e. The Hall–Kier alpha value is -2.56. The van der Waals surface area contributed by atoms with Crippen LogP contribution in [-0.2, 0) is 14.3 Å². The second-order valence-electron chi connectivity index (χ2n) is 9.11. The number of Topliss-reactive ketones (excluding diaryl/α,β-unsaturated/α-hetero) is 1. The highest BCUT2D eigenvalue weighted by Gasteiger charge is 2.41. The second-order valence-corrected chi connectivity index (χ2v) is 9.99. The standard InChI is InChI=1S/C27H27Cl2NO3/c1-15(2)14-33-27(32)24-16(3)30-22-12-19(17-4-8-20(28)9-5-17)13-23(31)26(22)25(24)18-6-10-21(29)11-7-18/h4-11,15,19,25,30H,12-14H2,1-3H3/t19-,25+/m1/s1. The van der Waals surface area contributed by atoms with Crippen molar-refractivity contribution in [1.82, 2.24) is 5.32 Å². The Balaban J connectivity index is 1.75. The first-order valence-corrected chi connectivity index (χ1v) is 11.9. The van der Waals surface area contributed by atoms with Crippen molar-refractivity contribution in [2.75, 3.05) is 6.61 Å². The molecular weight excluding hydrogens is 457 g/mol. The number of rotatable bonds is 5. The maximum absolute atomic E-state index is 13.5. The van der Waals surface area contributed by atoms with E-state index in [1.54, 1.807) is 12.1 Å². The Bertz CT molecular complexity index is 1130. The fourth-order valence-corrected chi connectivity index (χ4v) is 4.84. The summed E-state index contributed by atoms with van der Waals surface area (Å²) in [5, 5.41) is 4.65. The van der Waals surface area contributed by atoms with Gasteiger partial charge in [-0.2, -0.15) is 0 Å². The Kier molecular flexibility index (Phi) is 6.96. The van der Waals surface area contributed by atoms with Gasteiger partial charge in [0.15, 0.2) is 5.78 Å². The van der Waals surface area contributed by atoms with E-state index in [4.69, 9.17) is 27.9 Å². The van der Waals surface area contributed by atoms with Crippen molar-refractivity contribution in [3.05, 3.63) is 92.2 Å². The molecule has 0 fully saturated rings. The van der Waals surface area contributed by atoms with Gasteiger partial charge >= 0.3 is 5.97 Å². The first-order valence-electron chi connectivity index (χ1n) is 11.2. The highest BCUT2D eigenvalue weighted by atomic mass is 35.5. The lowest BCUT2D eigenvalue weighted by atomic mass is 9.72. The monoisotopic (exact) mass is 483 g/mol. The second kappa shape index (κ2) is 9.74. The third kappa shape index (κ3) is 5.02. The summed E-state index contributed by atoms with van der Waals surface area (Å²) in [6.45, 7) is 6.18. The molecular formula is C27H27Cl2NO3. The zero-order chi connectivity index (χ0) is 23.7. The summed E-state index contributed by atoms with van der Waals surface area (Å²) >= 11 is 12.2. The summed E-state index contributed by atoms with van der Waals surface area (Å²) in [7, 11) is 0. The molecule has 4 nitrogen and oxygen atoms in total. The Labute approximate surface area is 204 Å². The fraction of sp³-hybridized carbons (Fsp3) is 0.333. The van der Waals surface area contributed by atoms with Crippen molar-refractivity contribution in [1.29, 1.82) is 0 Å². The van der Waals surface area contributed by atoms with Crippen LogP contribution >= 0.6 is 23.2 Å². The van der Waals surface area contributed by atoms with Crippen LogP contribution in [0.3, 0.4) is 0 Å². The minimum absolute atomic E-state index is 0.0327. The van der Waals surface area contributed by atoms with E-state index in [0.29, 0.717) is 46.3 Å². The lowest BCUT2D eigenvalue weighted by molar-refractivity contribution is -0.140. The molecule has 1 aliphatic heterocycles. The predicted molar refractivity (Wildman–Crippen MR) is 131 cm³/mol. The molecule has 0 amide bonds. The molecule has 2 aromatic carbocycles. The van der Waals surface area contributed by atoms with Crippen molar-refractivity contribution in [2.24, 2.45) is 5.92 Å². The highest BCUT2D eigenvalue weighted by Crippen LogP contribution is 2.46. The molecule has 33 heavy (non-hydrogen) atoms. The Morgan fingerprint density at radius 3 is 2.15 bits per heavy atom. The maximum Gasteiger partial charge on any atom is 0.336 e. The minimum atomic E-state index is -0.489. The number of ether oxygens (including phenoxy) is 1. The number of ketones is 1. The number of esters is 1. The average molecular weight is 484 g/mol. The number of nitrogens with one attached hydrogen (secondary N) is 1. The molecule has 2 aromatic rings. The van der Waals surface area contributed by atoms with E-state index in [1.807, 2.05) is 57.2 Å². The topological polar surface area (TPSA) is 55.4 Å². The van der Waals surface area contributed by atoms with Gasteiger partial charge in [0.05, 0.1) is 12.2 Å². The third-order valence-corrected chi connectivity index (χ3v) is 6.64. The molecule has 0 unspecified atom stereocenters. The average Bonchev–Trinajstić information content (AvgIpc) is 2.77. The van der Waals surface area contributed by atoms with Gasteiger partial charge < -0.3 is 10.1 Å². The van der Waals surface area contributed by atoms with Gasteiger partial charge in [-0.3, -0.25) is 4.79 Å². The third-order valence-electron chi connectivity index (χ3n) is 6.14. The summed E-state index contributed by atoms with van der Waals surface area (Å²) in [6.07, 6.45) is 1.05. The SMILES string of the molecule is CC1=C(C(=O)OCC(C)C)[C@H](c2ccc(Cl)cc2)C2=C(C[C@@H](c3ccc(Cl)cc3)CC2=O)N1. The fourth-order valence-electron chi connectivity index (χ4n) is 4.59. The molecule has 0 bridgehead atoms. The summed E-state index contributed by atoms with van der Waals surface area (Å²) in [5.74, 6) is -0.587. The lowest BCUT2D eigenvalue weighted by Gasteiger charge is -2.36. The number of carbonyl (C=O) groups is 2. The predicted octanol–water partition coefficient (Wildman–Crippen LogP) is 6.55. The number of dihydropyridines is 1. The number of allylic oxidation sites excluding steroid dienone is 3. The van der Waals surface area contributed by atoms with Crippen LogP contribution in [0.1, 0.15) is 56.6 Å². The van der Waals surface area contributed by atoms with Crippen LogP contribution in [0.25, 0.3) is 0 Å². The number of benzene rings is 2. The van der Waals surface area contributed by atoms with E-state index >= 15 is 0 Å². The zero-order valence-corrected chi connectivity index (χ0v) is 20.5. The molecule has 2 atom stereocenters. The van der Waals surface area contributed by atoms with Gasteiger partial charge in [-0.25, -0.2) is 4.79 Å². The van der Waals surface area contributed by atoms with E-state index in [9.17, 15) is 9.59 Å². The molecule has 1 aliphatic carbocycles. The molecule has 0 radical (unpaired) electrons. The number of hydrogen-bond donors (Lipinski definition) is 1. The van der Waals surface area contributed by atoms with Crippen LogP contribution in [0, 0.1) is 5.92 Å². The van der Waals surface area contributed by atoms with E-state index in [1.165, 1.54) is 0 Å². The number of carbonyl (C=O) groups excluding carboxylic acids is 2. The van der Waals surface area contributed by atoms with Crippen LogP contribution in [0.15, 0.2) is 71.1 Å². The first-order chi connectivity index (χ1) is 15.7. The summed E-state index contributed by atoms with van der Waals surface area (Å²) in [6, 6.07) is 15.0. The molecule has 0 saturated heterocycles. The van der Waals surface area contributed by atoms with Gasteiger partial charge in [0.25, 0.3) is 0 Å². The summed E-state index contributed by atoms with van der Waals surface area (Å²) in [5.41, 5.74) is 4.63. The number of hydrogen-bond acceptors (Lipinski definition) is 4. The molecule has 2 aliphatic rings. The highest BCUT2D eigenvalue weighted by molar-refractivity contribution is 6.30. The van der Waals surface area contributed by atoms with Crippen molar-refractivity contribution >= 4 is 35.0 Å². The molecule has 0 saturated carbocycles. The van der Waals surface area contributed by atoms with Gasteiger partial charge in [0.2, 0.25) is 0 Å². The van der Waals surface area contributed by atoms with E-state index in [2.05, 4.69) is 5.32 Å². The van der Waals surface area contributed by atoms with E-state index in [0.717, 1.165) is 16.8 Å².